The molecule has 74 valence electrons. The number of rotatable bonds is 4. The summed E-state index contributed by atoms with van der Waals surface area (Å²) in [7, 11) is 0. The van der Waals surface area contributed by atoms with E-state index < -0.39 is 17.3 Å². The monoisotopic (exact) mass is 195 g/mol. The van der Waals surface area contributed by atoms with Gasteiger partial charge < -0.3 is 9.84 Å². The van der Waals surface area contributed by atoms with Crippen LogP contribution in [0, 0.1) is 11.3 Å². The summed E-state index contributed by atoms with van der Waals surface area (Å²) in [6.07, 6.45) is 2.14. The summed E-state index contributed by atoms with van der Waals surface area (Å²) in [4.78, 5) is 22.1. The number of nitrogens with zero attached hydrogens (tertiary/aromatic N) is 1. The topological polar surface area (TPSA) is 87.4 Å². The van der Waals surface area contributed by atoms with Crippen molar-refractivity contribution < 1.29 is 19.4 Å². The molecule has 1 N–H and O–H groups in total. The van der Waals surface area contributed by atoms with Crippen LogP contribution in [-0.4, -0.2) is 23.5 Å². The molecule has 0 aliphatic rings. The zero-order valence-electron chi connectivity index (χ0n) is 7.56. The van der Waals surface area contributed by atoms with Crippen LogP contribution in [0.5, 0.6) is 0 Å². The highest BCUT2D eigenvalue weighted by Gasteiger charge is 2.17. The van der Waals surface area contributed by atoms with E-state index in [0.29, 0.717) is 6.26 Å². The molecule has 0 aliphatic carbocycles. The van der Waals surface area contributed by atoms with Crippen LogP contribution in [0.4, 0.5) is 0 Å². The van der Waals surface area contributed by atoms with Gasteiger partial charge in [0.2, 0.25) is 0 Å². The zero-order valence-corrected chi connectivity index (χ0v) is 7.56. The minimum atomic E-state index is -0.914. The van der Waals surface area contributed by atoms with Crippen molar-refractivity contribution >= 4 is 11.8 Å². The van der Waals surface area contributed by atoms with Gasteiger partial charge in [-0.25, -0.2) is 4.79 Å². The summed E-state index contributed by atoms with van der Waals surface area (Å²) < 4.78 is 4.49. The fourth-order valence-electron chi connectivity index (χ4n) is 0.628. The van der Waals surface area contributed by atoms with Gasteiger partial charge in [-0.3, -0.25) is 4.79 Å². The molecule has 0 amide bonds. The summed E-state index contributed by atoms with van der Waals surface area (Å²) in [6.45, 7) is 1.67. The van der Waals surface area contributed by atoms with Gasteiger partial charge in [-0.2, -0.15) is 5.26 Å². The molecule has 0 saturated heterocycles. The number of carbonyl (C=O) groups excluding carboxylic acids is 2. The highest BCUT2D eigenvalue weighted by Crippen LogP contribution is 2.00. The van der Waals surface area contributed by atoms with Crippen LogP contribution >= 0.6 is 0 Å². The number of carbonyl (C=O) groups is 2. The number of hydrogen-bond donors (Lipinski definition) is 1. The van der Waals surface area contributed by atoms with Crippen molar-refractivity contribution in [1.82, 2.24) is 0 Å². The molecule has 14 heavy (non-hydrogen) atoms. The van der Waals surface area contributed by atoms with Gasteiger partial charge in [-0.1, -0.05) is 0 Å². The van der Waals surface area contributed by atoms with Crippen molar-refractivity contribution in [2.24, 2.45) is 0 Å². The molecule has 0 saturated carbocycles. The van der Waals surface area contributed by atoms with E-state index in [0.717, 1.165) is 12.2 Å². The fourth-order valence-corrected chi connectivity index (χ4v) is 0.628. The quantitative estimate of drug-likeness (QED) is 0.177. The van der Waals surface area contributed by atoms with Crippen LogP contribution in [0.2, 0.25) is 0 Å². The Kier molecular flexibility index (Phi) is 5.47. The SMILES string of the molecule is CCOC(=O)C(=CO)C(=O)C=CC#N. The smallest absolute Gasteiger partial charge is 0.345 e. The lowest BCUT2D eigenvalue weighted by molar-refractivity contribution is -0.139. The molecule has 0 heterocycles. The molecule has 0 aliphatic heterocycles. The number of ketones is 1. The first-order valence-corrected chi connectivity index (χ1v) is 3.79. The van der Waals surface area contributed by atoms with Crippen molar-refractivity contribution in [3.05, 3.63) is 24.0 Å². The average molecular weight is 195 g/mol. The van der Waals surface area contributed by atoms with Crippen LogP contribution in [0.15, 0.2) is 24.0 Å². The average Bonchev–Trinajstić information content (AvgIpc) is 2.16. The molecular formula is C9H9NO4. The Morgan fingerprint density at radius 2 is 2.21 bits per heavy atom. The second kappa shape index (κ2) is 6.43. The molecule has 0 spiro atoms. The second-order valence-electron chi connectivity index (χ2n) is 2.09. The lowest BCUT2D eigenvalue weighted by Crippen LogP contribution is -2.14. The summed E-state index contributed by atoms with van der Waals surface area (Å²) in [5, 5.41) is 16.7. The van der Waals surface area contributed by atoms with Crippen molar-refractivity contribution in [1.29, 1.82) is 5.26 Å². The molecule has 0 radical (unpaired) electrons. The van der Waals surface area contributed by atoms with Crippen molar-refractivity contribution in [2.75, 3.05) is 6.61 Å². The van der Waals surface area contributed by atoms with Crippen LogP contribution in [-0.2, 0) is 14.3 Å². The fraction of sp³-hybridized carbons (Fsp3) is 0.222. The van der Waals surface area contributed by atoms with Gasteiger partial charge in [0.25, 0.3) is 0 Å². The van der Waals surface area contributed by atoms with Crippen LogP contribution in [0.25, 0.3) is 0 Å². The number of ether oxygens (including phenoxy) is 1. The zero-order chi connectivity index (χ0) is 11.0. The number of aliphatic hydroxyl groups is 1. The molecule has 5 nitrogen and oxygen atoms in total. The van der Waals surface area contributed by atoms with E-state index in [4.69, 9.17) is 10.4 Å². The predicted molar refractivity (Wildman–Crippen MR) is 47.1 cm³/mol. The molecule has 0 unspecified atom stereocenters. The third kappa shape index (κ3) is 3.54. The Balaban J connectivity index is 4.60. The van der Waals surface area contributed by atoms with E-state index in [-0.39, 0.29) is 6.61 Å². The third-order valence-corrected chi connectivity index (χ3v) is 1.20. The molecule has 0 bridgehead atoms. The Labute approximate surface area is 80.9 Å². The lowest BCUT2D eigenvalue weighted by Gasteiger charge is -2.00. The number of nitriles is 1. The van der Waals surface area contributed by atoms with Crippen molar-refractivity contribution in [2.45, 2.75) is 6.92 Å². The van der Waals surface area contributed by atoms with Crippen LogP contribution in [0.1, 0.15) is 6.92 Å². The summed E-state index contributed by atoms with van der Waals surface area (Å²) in [6, 6.07) is 1.59. The van der Waals surface area contributed by atoms with E-state index in [1.807, 2.05) is 0 Å². The maximum Gasteiger partial charge on any atom is 0.345 e. The van der Waals surface area contributed by atoms with Gasteiger partial charge in [0.1, 0.15) is 5.57 Å². The largest absolute Gasteiger partial charge is 0.515 e. The van der Waals surface area contributed by atoms with Crippen molar-refractivity contribution in [3.8, 4) is 6.07 Å². The van der Waals surface area contributed by atoms with E-state index in [2.05, 4.69) is 4.74 Å². The molecule has 0 fully saturated rings. The molecule has 0 aromatic heterocycles. The highest BCUT2D eigenvalue weighted by atomic mass is 16.5. The van der Waals surface area contributed by atoms with E-state index >= 15 is 0 Å². The van der Waals surface area contributed by atoms with Gasteiger partial charge >= 0.3 is 5.97 Å². The standard InChI is InChI=1S/C9H9NO4/c1-2-14-9(13)7(6-11)8(12)4-3-5-10/h3-4,6,11H,2H2,1H3. The Bertz CT molecular complexity index is 322. The first-order valence-electron chi connectivity index (χ1n) is 3.79. The summed E-state index contributed by atoms with van der Waals surface area (Å²) >= 11 is 0. The van der Waals surface area contributed by atoms with E-state index in [9.17, 15) is 9.59 Å². The predicted octanol–water partition coefficient (Wildman–Crippen LogP) is 0.640. The molecular weight excluding hydrogens is 186 g/mol. The third-order valence-electron chi connectivity index (χ3n) is 1.20. The Hall–Kier alpha value is -2.09. The number of esters is 1. The Morgan fingerprint density at radius 1 is 1.57 bits per heavy atom. The van der Waals surface area contributed by atoms with Gasteiger partial charge in [0.15, 0.2) is 5.78 Å². The molecule has 0 aromatic carbocycles. The normalized spacial score (nSPS) is 11.0. The maximum absolute atomic E-state index is 11.1. The maximum atomic E-state index is 11.1. The van der Waals surface area contributed by atoms with Crippen LogP contribution < -0.4 is 0 Å². The van der Waals surface area contributed by atoms with Gasteiger partial charge in [-0.05, 0) is 13.0 Å². The van der Waals surface area contributed by atoms with E-state index in [1.165, 1.54) is 0 Å². The van der Waals surface area contributed by atoms with Gasteiger partial charge in [0, 0.05) is 6.08 Å². The summed E-state index contributed by atoms with van der Waals surface area (Å²) in [5.41, 5.74) is -0.502. The molecule has 0 atom stereocenters. The van der Waals surface area contributed by atoms with Gasteiger partial charge in [-0.15, -0.1) is 0 Å². The minimum absolute atomic E-state index is 0.103. The van der Waals surface area contributed by atoms with E-state index in [1.54, 1.807) is 13.0 Å². The van der Waals surface area contributed by atoms with Crippen LogP contribution in [0.3, 0.4) is 0 Å². The molecule has 0 rings (SSSR count). The first-order chi connectivity index (χ1) is 6.67. The number of allylic oxidation sites excluding steroid dienone is 2. The summed E-state index contributed by atoms with van der Waals surface area (Å²) in [5.74, 6) is -1.69. The van der Waals surface area contributed by atoms with Crippen molar-refractivity contribution in [3.63, 3.8) is 0 Å². The highest BCUT2D eigenvalue weighted by molar-refractivity contribution is 6.21. The first kappa shape index (κ1) is 11.9. The van der Waals surface area contributed by atoms with Gasteiger partial charge in [0.05, 0.1) is 18.9 Å². The number of hydrogen-bond acceptors (Lipinski definition) is 5. The molecule has 5 heteroatoms. The molecule has 0 aromatic rings. The minimum Gasteiger partial charge on any atom is -0.515 e. The number of aliphatic hydroxyl groups excluding tert-OH is 1. The second-order valence-corrected chi connectivity index (χ2v) is 2.09. The Morgan fingerprint density at radius 3 is 2.64 bits per heavy atom. The lowest BCUT2D eigenvalue weighted by atomic mass is 10.2.